The van der Waals surface area contributed by atoms with Crippen LogP contribution >= 0.6 is 0 Å². The van der Waals surface area contributed by atoms with Crippen LogP contribution in [-0.4, -0.2) is 45.2 Å². The molecule has 0 unspecified atom stereocenters. The molecule has 0 radical (unpaired) electrons. The lowest BCUT2D eigenvalue weighted by atomic mass is 9.87. The van der Waals surface area contributed by atoms with Crippen LogP contribution in [0.3, 0.4) is 0 Å². The summed E-state index contributed by atoms with van der Waals surface area (Å²) >= 11 is 0. The van der Waals surface area contributed by atoms with Crippen molar-refractivity contribution in [2.24, 2.45) is 5.92 Å². The highest BCUT2D eigenvalue weighted by molar-refractivity contribution is 6.00. The number of nitrogens with zero attached hydrogens (tertiary/aromatic N) is 1. The Kier molecular flexibility index (Phi) is 8.62. The summed E-state index contributed by atoms with van der Waals surface area (Å²) in [4.78, 5) is 39.3. The Morgan fingerprint density at radius 2 is 1.52 bits per heavy atom. The van der Waals surface area contributed by atoms with E-state index < -0.39 is 24.4 Å². The van der Waals surface area contributed by atoms with Crippen molar-refractivity contribution in [3.05, 3.63) is 72.3 Å². The first kappa shape index (κ1) is 28.5. The van der Waals surface area contributed by atoms with Crippen molar-refractivity contribution in [2.75, 3.05) is 37.6 Å². The van der Waals surface area contributed by atoms with Crippen LogP contribution in [0.4, 0.5) is 11.4 Å². The van der Waals surface area contributed by atoms with Gasteiger partial charge in [-0.2, -0.15) is 0 Å². The van der Waals surface area contributed by atoms with E-state index in [1.165, 1.54) is 24.7 Å². The molecule has 1 saturated heterocycles. The van der Waals surface area contributed by atoms with Crippen LogP contribution in [0.2, 0.25) is 0 Å². The van der Waals surface area contributed by atoms with Gasteiger partial charge in [-0.05, 0) is 59.5 Å². The van der Waals surface area contributed by atoms with E-state index in [9.17, 15) is 14.4 Å². The third kappa shape index (κ3) is 6.91. The smallest absolute Gasteiger partial charge is 0.311 e. The Bertz CT molecular complexity index is 1360. The maximum Gasteiger partial charge on any atom is 0.311 e. The highest BCUT2D eigenvalue weighted by Gasteiger charge is 2.36. The Morgan fingerprint density at radius 3 is 2.12 bits per heavy atom. The molecule has 3 aromatic rings. The first-order valence-corrected chi connectivity index (χ1v) is 12.9. The summed E-state index contributed by atoms with van der Waals surface area (Å²) in [5, 5.41) is 2.65. The number of esters is 1. The van der Waals surface area contributed by atoms with Gasteiger partial charge in [-0.3, -0.25) is 14.4 Å². The second kappa shape index (κ2) is 12.1. The lowest BCUT2D eigenvalue weighted by molar-refractivity contribution is -0.151. The van der Waals surface area contributed by atoms with Crippen LogP contribution in [-0.2, 0) is 24.5 Å². The molecule has 210 valence electrons. The molecule has 1 aliphatic rings. The van der Waals surface area contributed by atoms with Crippen LogP contribution in [0.15, 0.2) is 66.7 Å². The molecular formula is C31H34N2O7. The lowest BCUT2D eigenvalue weighted by Crippen LogP contribution is -2.28. The van der Waals surface area contributed by atoms with Crippen molar-refractivity contribution >= 4 is 29.2 Å². The minimum Gasteiger partial charge on any atom is -0.497 e. The van der Waals surface area contributed by atoms with Gasteiger partial charge < -0.3 is 29.2 Å². The first-order chi connectivity index (χ1) is 19.1. The van der Waals surface area contributed by atoms with E-state index in [0.29, 0.717) is 28.6 Å². The zero-order valence-corrected chi connectivity index (χ0v) is 23.4. The minimum atomic E-state index is -0.677. The normalized spacial score (nSPS) is 15.0. The zero-order chi connectivity index (χ0) is 28.9. The third-order valence-electron chi connectivity index (χ3n) is 6.59. The molecule has 2 amide bonds. The van der Waals surface area contributed by atoms with Crippen LogP contribution in [0, 0.1) is 5.92 Å². The quantitative estimate of drug-likeness (QED) is 0.362. The van der Waals surface area contributed by atoms with Gasteiger partial charge in [0, 0.05) is 24.7 Å². The number of carbonyl (C=O) groups is 3. The van der Waals surface area contributed by atoms with Crippen molar-refractivity contribution in [2.45, 2.75) is 32.6 Å². The van der Waals surface area contributed by atoms with E-state index in [4.69, 9.17) is 18.9 Å². The third-order valence-corrected chi connectivity index (χ3v) is 6.59. The summed E-state index contributed by atoms with van der Waals surface area (Å²) < 4.78 is 21.6. The minimum absolute atomic E-state index is 0.00252. The van der Waals surface area contributed by atoms with Crippen LogP contribution in [0.1, 0.15) is 32.8 Å². The molecule has 1 aliphatic heterocycles. The van der Waals surface area contributed by atoms with Crippen molar-refractivity contribution in [3.63, 3.8) is 0 Å². The van der Waals surface area contributed by atoms with Gasteiger partial charge in [0.1, 0.15) is 23.0 Å². The number of hydrogen-bond acceptors (Lipinski definition) is 7. The molecule has 3 aromatic carbocycles. The monoisotopic (exact) mass is 546 g/mol. The number of nitrogens with one attached hydrogen (secondary N) is 1. The predicted molar refractivity (Wildman–Crippen MR) is 151 cm³/mol. The van der Waals surface area contributed by atoms with E-state index in [-0.39, 0.29) is 24.3 Å². The zero-order valence-electron chi connectivity index (χ0n) is 23.4. The van der Waals surface area contributed by atoms with E-state index in [1.807, 2.05) is 24.3 Å². The second-order valence-electron chi connectivity index (χ2n) is 10.5. The lowest BCUT2D eigenvalue weighted by Gasteiger charge is -2.19. The molecule has 0 spiro atoms. The molecular weight excluding hydrogens is 512 g/mol. The summed E-state index contributed by atoms with van der Waals surface area (Å²) in [5.41, 5.74) is 2.32. The second-order valence-corrected chi connectivity index (χ2v) is 10.5. The van der Waals surface area contributed by atoms with E-state index in [1.54, 1.807) is 42.5 Å². The van der Waals surface area contributed by atoms with Crippen molar-refractivity contribution in [1.82, 2.24) is 0 Å². The molecule has 0 bridgehead atoms. The number of rotatable bonds is 9. The summed E-state index contributed by atoms with van der Waals surface area (Å²) in [6.07, 6.45) is 0.00252. The number of carbonyl (C=O) groups excluding carboxylic acids is 3. The Labute approximate surface area is 234 Å². The molecule has 9 nitrogen and oxygen atoms in total. The number of amides is 2. The van der Waals surface area contributed by atoms with Crippen molar-refractivity contribution in [3.8, 4) is 23.0 Å². The van der Waals surface area contributed by atoms with Gasteiger partial charge in [-0.1, -0.05) is 32.9 Å². The molecule has 1 fully saturated rings. The van der Waals surface area contributed by atoms with Crippen LogP contribution in [0.5, 0.6) is 23.0 Å². The molecule has 1 N–H and O–H groups in total. The fourth-order valence-corrected chi connectivity index (χ4v) is 4.32. The summed E-state index contributed by atoms with van der Waals surface area (Å²) in [5.74, 6) is 0.303. The van der Waals surface area contributed by atoms with Crippen LogP contribution in [0.25, 0.3) is 0 Å². The number of benzene rings is 3. The van der Waals surface area contributed by atoms with Crippen molar-refractivity contribution < 1.29 is 33.3 Å². The van der Waals surface area contributed by atoms with E-state index in [2.05, 4.69) is 26.1 Å². The van der Waals surface area contributed by atoms with Gasteiger partial charge >= 0.3 is 5.97 Å². The number of ether oxygens (including phenoxy) is 4. The Morgan fingerprint density at radius 1 is 0.900 bits per heavy atom. The van der Waals surface area contributed by atoms with Crippen molar-refractivity contribution in [1.29, 1.82) is 0 Å². The number of anilines is 2. The summed E-state index contributed by atoms with van der Waals surface area (Å²) in [7, 11) is 2.99. The van der Waals surface area contributed by atoms with Gasteiger partial charge in [0.25, 0.3) is 5.91 Å². The van der Waals surface area contributed by atoms with Crippen LogP contribution < -0.4 is 24.4 Å². The fraction of sp³-hybridized carbons (Fsp3) is 0.323. The number of hydrogen-bond donors (Lipinski definition) is 1. The highest BCUT2D eigenvalue weighted by Crippen LogP contribution is 2.31. The molecule has 40 heavy (non-hydrogen) atoms. The van der Waals surface area contributed by atoms with Gasteiger partial charge in [0.05, 0.1) is 25.8 Å². The van der Waals surface area contributed by atoms with E-state index in [0.717, 1.165) is 5.75 Å². The molecule has 0 aliphatic carbocycles. The highest BCUT2D eigenvalue weighted by atomic mass is 16.5. The van der Waals surface area contributed by atoms with Gasteiger partial charge in [0.2, 0.25) is 5.91 Å². The van der Waals surface area contributed by atoms with E-state index >= 15 is 0 Å². The maximum absolute atomic E-state index is 12.7. The molecule has 0 saturated carbocycles. The summed E-state index contributed by atoms with van der Waals surface area (Å²) in [6, 6.07) is 20.0. The molecule has 4 rings (SSSR count). The standard InChI is InChI=1S/C31H34N2O7/c1-31(2,3)21-6-10-23(11-7-21)40-24-12-8-22(9-13-24)33-18-20(16-29(33)35)30(36)39-19-28(34)32-26-17-25(37-4)14-15-27(26)38-5/h6-15,17,20H,16,18-19H2,1-5H3,(H,32,34)/t20-/m1/s1. The first-order valence-electron chi connectivity index (χ1n) is 12.9. The summed E-state index contributed by atoms with van der Waals surface area (Å²) in [6.45, 7) is 6.14. The molecule has 1 heterocycles. The Hall–Kier alpha value is -4.53. The van der Waals surface area contributed by atoms with Gasteiger partial charge in [-0.25, -0.2) is 0 Å². The predicted octanol–water partition coefficient (Wildman–Crippen LogP) is 5.33. The molecule has 0 aromatic heterocycles. The molecule has 9 heteroatoms. The van der Waals surface area contributed by atoms with Gasteiger partial charge in [0.15, 0.2) is 6.61 Å². The molecule has 1 atom stereocenters. The average molecular weight is 547 g/mol. The Balaban J connectivity index is 1.30. The largest absolute Gasteiger partial charge is 0.497 e. The topological polar surface area (TPSA) is 103 Å². The maximum atomic E-state index is 12.7. The van der Waals surface area contributed by atoms with Gasteiger partial charge in [-0.15, -0.1) is 0 Å². The fourth-order valence-electron chi connectivity index (χ4n) is 4.32. The average Bonchev–Trinajstić information content (AvgIpc) is 3.33. The SMILES string of the molecule is COc1ccc(OC)c(NC(=O)COC(=O)[C@@H]2CC(=O)N(c3ccc(Oc4ccc(C(C)(C)C)cc4)cc3)C2)c1. The number of methoxy groups -OCH3 is 2.